The molecule has 260 valence electrons. The van der Waals surface area contributed by atoms with E-state index in [1.54, 1.807) is 0 Å². The molecule has 9 aromatic rings. The quantitative estimate of drug-likeness (QED) is 0.167. The van der Waals surface area contributed by atoms with Crippen LogP contribution >= 0.6 is 0 Å². The van der Waals surface area contributed by atoms with Gasteiger partial charge in [-0.25, -0.2) is 19.8 Å². The highest BCUT2D eigenvalue weighted by atomic mass is 16.5. The van der Waals surface area contributed by atoms with Crippen molar-refractivity contribution in [2.45, 2.75) is 5.41 Å². The number of aromatic nitrogens is 3. The molecule has 0 saturated carbocycles. The van der Waals surface area contributed by atoms with E-state index in [0.717, 1.165) is 55.8 Å². The molecule has 5 nitrogen and oxygen atoms in total. The predicted octanol–water partition coefficient (Wildman–Crippen LogP) is 12.7. The first-order chi connectivity index (χ1) is 27.7. The van der Waals surface area contributed by atoms with Crippen LogP contribution < -0.4 is 4.74 Å². The van der Waals surface area contributed by atoms with Gasteiger partial charge in [0.15, 0.2) is 23.2 Å². The molecule has 0 atom stereocenters. The number of nitrogens with zero attached hydrogens (tertiary/aromatic N) is 4. The van der Waals surface area contributed by atoms with Gasteiger partial charge >= 0.3 is 0 Å². The molecular formula is C51H30N4O. The van der Waals surface area contributed by atoms with Crippen molar-refractivity contribution in [3.05, 3.63) is 216 Å². The molecule has 1 aliphatic heterocycles. The molecule has 0 spiro atoms. The summed E-state index contributed by atoms with van der Waals surface area (Å²) >= 11 is 0. The minimum atomic E-state index is -0.691. The second-order valence-corrected chi connectivity index (χ2v) is 14.2. The van der Waals surface area contributed by atoms with E-state index in [1.165, 1.54) is 27.6 Å². The van der Waals surface area contributed by atoms with Gasteiger partial charge in [-0.3, -0.25) is 0 Å². The van der Waals surface area contributed by atoms with Crippen LogP contribution in [0.25, 0.3) is 72.0 Å². The molecule has 0 unspecified atom stereocenters. The maximum Gasteiger partial charge on any atom is 0.187 e. The maximum atomic E-state index is 7.53. The van der Waals surface area contributed by atoms with E-state index in [2.05, 4.69) is 138 Å². The molecule has 1 aromatic heterocycles. The normalized spacial score (nSPS) is 12.9. The number of ether oxygens (including phenoxy) is 1. The Labute approximate surface area is 324 Å². The van der Waals surface area contributed by atoms with Crippen LogP contribution in [-0.4, -0.2) is 15.0 Å². The van der Waals surface area contributed by atoms with Gasteiger partial charge < -0.3 is 4.74 Å². The average Bonchev–Trinajstić information content (AvgIpc) is 3.60. The molecule has 5 heteroatoms. The summed E-state index contributed by atoms with van der Waals surface area (Å²) in [5.74, 6) is 3.25. The third kappa shape index (κ3) is 4.70. The molecule has 2 heterocycles. The SMILES string of the molecule is [C-]#[N+]c1ccc(-c2nc(-c3ccc4c(c3)C(c3ccccc3)(c3ccccc3)c3ccccc3O4)nc(-c3ccc4c5c(cccc35)-c3ccccc3-4)n2)cc1. The monoisotopic (exact) mass is 714 g/mol. The molecule has 1 aliphatic carbocycles. The summed E-state index contributed by atoms with van der Waals surface area (Å²) in [4.78, 5) is 19.2. The van der Waals surface area contributed by atoms with Crippen molar-refractivity contribution in [1.29, 1.82) is 0 Å². The second-order valence-electron chi connectivity index (χ2n) is 14.2. The fourth-order valence-electron chi connectivity index (χ4n) is 8.79. The minimum absolute atomic E-state index is 0.532. The third-order valence-corrected chi connectivity index (χ3v) is 11.2. The van der Waals surface area contributed by atoms with Gasteiger partial charge in [0.25, 0.3) is 0 Å². The second kappa shape index (κ2) is 12.4. The Morgan fingerprint density at radius 2 is 0.982 bits per heavy atom. The zero-order valence-corrected chi connectivity index (χ0v) is 30.0. The van der Waals surface area contributed by atoms with Gasteiger partial charge in [-0.05, 0) is 74.5 Å². The van der Waals surface area contributed by atoms with Crippen LogP contribution in [0, 0.1) is 6.57 Å². The smallest absolute Gasteiger partial charge is 0.187 e. The molecule has 0 saturated heterocycles. The lowest BCUT2D eigenvalue weighted by Gasteiger charge is -2.41. The van der Waals surface area contributed by atoms with Crippen molar-refractivity contribution in [2.24, 2.45) is 0 Å². The van der Waals surface area contributed by atoms with Gasteiger partial charge in [0.2, 0.25) is 0 Å². The van der Waals surface area contributed by atoms with Crippen molar-refractivity contribution < 1.29 is 4.74 Å². The molecule has 56 heavy (non-hydrogen) atoms. The van der Waals surface area contributed by atoms with E-state index in [-0.39, 0.29) is 0 Å². The first-order valence-electron chi connectivity index (χ1n) is 18.6. The first kappa shape index (κ1) is 31.8. The highest BCUT2D eigenvalue weighted by Crippen LogP contribution is 2.56. The molecule has 0 N–H and O–H groups in total. The number of fused-ring (bicyclic) bond motifs is 5. The number of rotatable bonds is 5. The lowest BCUT2D eigenvalue weighted by Crippen LogP contribution is -2.34. The van der Waals surface area contributed by atoms with Crippen LogP contribution in [0.15, 0.2) is 182 Å². The maximum absolute atomic E-state index is 7.53. The van der Waals surface area contributed by atoms with E-state index in [1.807, 2.05) is 48.5 Å². The van der Waals surface area contributed by atoms with Gasteiger partial charge in [0, 0.05) is 27.8 Å². The number of para-hydroxylation sites is 1. The summed E-state index contributed by atoms with van der Waals surface area (Å²) < 4.78 is 6.70. The average molecular weight is 715 g/mol. The molecule has 11 rings (SSSR count). The Hall–Kier alpha value is -7.68. The highest BCUT2D eigenvalue weighted by molar-refractivity contribution is 6.18. The summed E-state index contributed by atoms with van der Waals surface area (Å²) in [7, 11) is 0. The van der Waals surface area contributed by atoms with Crippen molar-refractivity contribution in [2.75, 3.05) is 0 Å². The highest BCUT2D eigenvalue weighted by Gasteiger charge is 2.45. The van der Waals surface area contributed by atoms with Crippen LogP contribution in [0.5, 0.6) is 11.5 Å². The summed E-state index contributed by atoms with van der Waals surface area (Å²) in [6.45, 7) is 7.53. The number of hydrogen-bond donors (Lipinski definition) is 0. The predicted molar refractivity (Wildman–Crippen MR) is 223 cm³/mol. The van der Waals surface area contributed by atoms with Gasteiger partial charge in [-0.15, -0.1) is 0 Å². The lowest BCUT2D eigenvalue weighted by atomic mass is 9.63. The standard InChI is InChI=1S/C51H30N4O/c1-52-36-26-23-32(24-27-36)48-53-49(55-50(54-48)42-29-28-41-38-18-9-8-17-37(38)39-19-12-20-40(42)47(39)41)33-25-30-46-44(31-33)51(34-13-4-2-5-14-34,35-15-6-3-7-16-35)43-21-10-11-22-45(43)56-46/h2-31H. The van der Waals surface area contributed by atoms with Crippen molar-refractivity contribution in [3.8, 4) is 67.9 Å². The molecule has 8 aromatic carbocycles. The Morgan fingerprint density at radius 3 is 1.70 bits per heavy atom. The zero-order chi connectivity index (χ0) is 37.2. The summed E-state index contributed by atoms with van der Waals surface area (Å²) in [6, 6.07) is 62.8. The largest absolute Gasteiger partial charge is 0.457 e. The minimum Gasteiger partial charge on any atom is -0.457 e. The van der Waals surface area contributed by atoms with Crippen LogP contribution in [-0.2, 0) is 5.41 Å². The van der Waals surface area contributed by atoms with Crippen LogP contribution in [0.1, 0.15) is 22.3 Å². The van der Waals surface area contributed by atoms with Gasteiger partial charge in [-0.1, -0.05) is 152 Å². The fourth-order valence-corrected chi connectivity index (χ4v) is 8.79. The summed E-state index contributed by atoms with van der Waals surface area (Å²) in [5.41, 5.74) is 11.7. The molecule has 0 bridgehead atoms. The first-order valence-corrected chi connectivity index (χ1v) is 18.6. The van der Waals surface area contributed by atoms with Crippen LogP contribution in [0.2, 0.25) is 0 Å². The van der Waals surface area contributed by atoms with Crippen molar-refractivity contribution in [1.82, 2.24) is 15.0 Å². The van der Waals surface area contributed by atoms with Gasteiger partial charge in [0.1, 0.15) is 11.5 Å². The zero-order valence-electron chi connectivity index (χ0n) is 30.0. The molecule has 0 amide bonds. The fraction of sp³-hybridized carbons (Fsp3) is 0.0196. The number of hydrogen-bond acceptors (Lipinski definition) is 4. The Kier molecular flexibility index (Phi) is 7.07. The summed E-state index contributed by atoms with van der Waals surface area (Å²) in [5, 5.41) is 2.29. The lowest BCUT2D eigenvalue weighted by molar-refractivity contribution is 0.434. The molecule has 2 aliphatic rings. The molecule has 0 fully saturated rings. The third-order valence-electron chi connectivity index (χ3n) is 11.2. The van der Waals surface area contributed by atoms with Crippen LogP contribution in [0.3, 0.4) is 0 Å². The van der Waals surface area contributed by atoms with Gasteiger partial charge in [0.05, 0.1) is 12.0 Å². The van der Waals surface area contributed by atoms with E-state index in [4.69, 9.17) is 26.3 Å². The van der Waals surface area contributed by atoms with Gasteiger partial charge in [-0.2, -0.15) is 0 Å². The van der Waals surface area contributed by atoms with E-state index >= 15 is 0 Å². The van der Waals surface area contributed by atoms with E-state index in [9.17, 15) is 0 Å². The van der Waals surface area contributed by atoms with E-state index in [0.29, 0.717) is 23.2 Å². The van der Waals surface area contributed by atoms with E-state index < -0.39 is 5.41 Å². The Bertz CT molecular complexity index is 2990. The number of benzene rings is 8. The van der Waals surface area contributed by atoms with Crippen LogP contribution in [0.4, 0.5) is 5.69 Å². The Balaban J connectivity index is 1.16. The van der Waals surface area contributed by atoms with Crippen molar-refractivity contribution >= 4 is 16.5 Å². The Morgan fingerprint density at radius 1 is 0.429 bits per heavy atom. The van der Waals surface area contributed by atoms with Crippen molar-refractivity contribution in [3.63, 3.8) is 0 Å². The summed E-state index contributed by atoms with van der Waals surface area (Å²) in [6.07, 6.45) is 0. The topological polar surface area (TPSA) is 52.3 Å². The molecular weight excluding hydrogens is 685 g/mol. The molecule has 0 radical (unpaired) electrons.